The monoisotopic (exact) mass is 485 g/mol. The fourth-order valence-corrected chi connectivity index (χ4v) is 4.91. The van der Waals surface area contributed by atoms with Crippen molar-refractivity contribution in [1.82, 2.24) is 15.0 Å². The molecule has 0 spiro atoms. The highest BCUT2D eigenvalue weighted by atomic mass is 32.2. The number of ether oxygens (including phenoxy) is 2. The molecule has 0 bridgehead atoms. The number of H-pyrrole nitrogens is 1. The number of rotatable bonds is 16. The highest BCUT2D eigenvalue weighted by Crippen LogP contribution is 2.15. The molecule has 2 aromatic carbocycles. The molecule has 3 aromatic rings. The van der Waals surface area contributed by atoms with Crippen LogP contribution >= 0.6 is 23.5 Å². The summed E-state index contributed by atoms with van der Waals surface area (Å²) in [6.07, 6.45) is 3.85. The van der Waals surface area contributed by atoms with Gasteiger partial charge in [0, 0.05) is 11.5 Å². The second-order valence-corrected chi connectivity index (χ2v) is 9.64. The van der Waals surface area contributed by atoms with Crippen LogP contribution in [0.4, 0.5) is 0 Å². The first kappa shape index (κ1) is 25.2. The van der Waals surface area contributed by atoms with E-state index in [1.807, 2.05) is 35.7 Å². The first-order chi connectivity index (χ1) is 16.3. The number of unbranched alkanes of at least 4 members (excludes halogenated alkanes) is 2. The van der Waals surface area contributed by atoms with Crippen molar-refractivity contribution in [1.29, 1.82) is 0 Å². The summed E-state index contributed by atoms with van der Waals surface area (Å²) in [6, 6.07) is 21.1. The highest BCUT2D eigenvalue weighted by Gasteiger charge is 2.05. The van der Waals surface area contributed by atoms with Crippen LogP contribution in [0.15, 0.2) is 65.5 Å². The molecule has 0 amide bonds. The minimum Gasteiger partial charge on any atom is -0.465 e. The summed E-state index contributed by atoms with van der Waals surface area (Å²) in [5.41, 5.74) is 2.18. The van der Waals surface area contributed by atoms with Crippen molar-refractivity contribution < 1.29 is 9.47 Å². The number of aromatic nitrogens is 3. The van der Waals surface area contributed by atoms with E-state index in [2.05, 4.69) is 63.5 Å². The van der Waals surface area contributed by atoms with Gasteiger partial charge in [-0.2, -0.15) is 23.5 Å². The Morgan fingerprint density at radius 2 is 1.24 bits per heavy atom. The van der Waals surface area contributed by atoms with Gasteiger partial charge in [0.15, 0.2) is 0 Å². The Labute approximate surface area is 203 Å². The predicted molar refractivity (Wildman–Crippen MR) is 137 cm³/mol. The molecule has 6 nitrogen and oxygen atoms in total. The molecular formula is C25H31N3O3S2. The summed E-state index contributed by atoms with van der Waals surface area (Å²) in [6.45, 7) is 0.977. The van der Waals surface area contributed by atoms with Crippen molar-refractivity contribution in [3.05, 3.63) is 82.3 Å². The number of hydrogen-bond acceptors (Lipinski definition) is 7. The molecule has 0 fully saturated rings. The van der Waals surface area contributed by atoms with Crippen molar-refractivity contribution in [3.8, 4) is 12.0 Å². The van der Waals surface area contributed by atoms with Gasteiger partial charge in [0.05, 0.1) is 13.2 Å². The second kappa shape index (κ2) is 15.4. The van der Waals surface area contributed by atoms with Crippen LogP contribution in [0.2, 0.25) is 0 Å². The molecule has 0 aliphatic heterocycles. The van der Waals surface area contributed by atoms with Crippen molar-refractivity contribution in [3.63, 3.8) is 0 Å². The maximum Gasteiger partial charge on any atom is 0.353 e. The van der Waals surface area contributed by atoms with E-state index in [1.165, 1.54) is 11.1 Å². The summed E-state index contributed by atoms with van der Waals surface area (Å²) in [4.78, 5) is 22.2. The first-order valence-corrected chi connectivity index (χ1v) is 13.6. The SMILES string of the molecule is O=c1nc(OCCCCSCc2ccccc2)nc(OCCCCSCc2ccccc2)[nH]1. The Kier molecular flexibility index (Phi) is 11.7. The van der Waals surface area contributed by atoms with E-state index in [1.54, 1.807) is 0 Å². The van der Waals surface area contributed by atoms with Gasteiger partial charge in [-0.15, -0.1) is 9.97 Å². The lowest BCUT2D eigenvalue weighted by Gasteiger charge is -2.07. The molecule has 1 heterocycles. The van der Waals surface area contributed by atoms with Crippen LogP contribution in [0.25, 0.3) is 0 Å². The van der Waals surface area contributed by atoms with Crippen LogP contribution < -0.4 is 15.2 Å². The van der Waals surface area contributed by atoms with Gasteiger partial charge < -0.3 is 9.47 Å². The van der Waals surface area contributed by atoms with Gasteiger partial charge in [0.1, 0.15) is 0 Å². The van der Waals surface area contributed by atoms with Gasteiger partial charge in [0.25, 0.3) is 0 Å². The van der Waals surface area contributed by atoms with E-state index in [-0.39, 0.29) is 12.0 Å². The van der Waals surface area contributed by atoms with Crippen LogP contribution in [-0.4, -0.2) is 39.7 Å². The Bertz CT molecular complexity index is 897. The third-order valence-corrected chi connectivity index (χ3v) is 6.90. The number of hydrogen-bond donors (Lipinski definition) is 1. The molecule has 0 atom stereocenters. The molecule has 0 saturated carbocycles. The van der Waals surface area contributed by atoms with E-state index in [9.17, 15) is 4.79 Å². The molecule has 1 N–H and O–H groups in total. The van der Waals surface area contributed by atoms with Crippen molar-refractivity contribution in [2.75, 3.05) is 24.7 Å². The molecular weight excluding hydrogens is 454 g/mol. The molecule has 0 aliphatic rings. The summed E-state index contributed by atoms with van der Waals surface area (Å²) >= 11 is 3.82. The minimum atomic E-state index is -0.508. The quantitative estimate of drug-likeness (QED) is 0.274. The van der Waals surface area contributed by atoms with Gasteiger partial charge in [-0.3, -0.25) is 4.98 Å². The predicted octanol–water partition coefficient (Wildman–Crippen LogP) is 5.35. The van der Waals surface area contributed by atoms with Gasteiger partial charge >= 0.3 is 17.7 Å². The lowest BCUT2D eigenvalue weighted by atomic mass is 10.2. The van der Waals surface area contributed by atoms with Crippen LogP contribution in [0.5, 0.6) is 12.0 Å². The first-order valence-electron chi connectivity index (χ1n) is 11.3. The molecule has 176 valence electrons. The van der Waals surface area contributed by atoms with Crippen molar-refractivity contribution in [2.24, 2.45) is 0 Å². The number of nitrogens with zero attached hydrogens (tertiary/aromatic N) is 2. The van der Waals surface area contributed by atoms with Gasteiger partial charge in [-0.05, 0) is 48.3 Å². The largest absolute Gasteiger partial charge is 0.465 e. The molecule has 0 aliphatic carbocycles. The Morgan fingerprint density at radius 1 is 0.697 bits per heavy atom. The summed E-state index contributed by atoms with van der Waals surface area (Å²) < 4.78 is 11.2. The Hall–Kier alpha value is -2.45. The van der Waals surface area contributed by atoms with E-state index < -0.39 is 5.69 Å². The van der Waals surface area contributed by atoms with E-state index in [0.29, 0.717) is 13.2 Å². The Balaban J connectivity index is 1.24. The van der Waals surface area contributed by atoms with Crippen molar-refractivity contribution in [2.45, 2.75) is 37.2 Å². The zero-order chi connectivity index (χ0) is 23.0. The van der Waals surface area contributed by atoms with Crippen LogP contribution in [0, 0.1) is 0 Å². The van der Waals surface area contributed by atoms with Gasteiger partial charge in [-0.25, -0.2) is 4.79 Å². The van der Waals surface area contributed by atoms with Gasteiger partial charge in [-0.1, -0.05) is 60.7 Å². The summed E-state index contributed by atoms with van der Waals surface area (Å²) in [5.74, 6) is 4.17. The Morgan fingerprint density at radius 3 is 1.82 bits per heavy atom. The minimum absolute atomic E-state index is 0.0732. The van der Waals surface area contributed by atoms with Crippen LogP contribution in [-0.2, 0) is 11.5 Å². The average molecular weight is 486 g/mol. The fraction of sp³-hybridized carbons (Fsp3) is 0.400. The number of benzene rings is 2. The van der Waals surface area contributed by atoms with E-state index >= 15 is 0 Å². The maximum atomic E-state index is 11.8. The fourth-order valence-electron chi connectivity index (χ4n) is 2.95. The zero-order valence-corrected chi connectivity index (χ0v) is 20.4. The number of thioether (sulfide) groups is 2. The topological polar surface area (TPSA) is 77.1 Å². The van der Waals surface area contributed by atoms with E-state index in [0.717, 1.165) is 48.7 Å². The molecule has 8 heteroatoms. The van der Waals surface area contributed by atoms with Crippen molar-refractivity contribution >= 4 is 23.5 Å². The molecule has 0 saturated heterocycles. The van der Waals surface area contributed by atoms with E-state index in [4.69, 9.17) is 9.47 Å². The number of nitrogens with one attached hydrogen (secondary N) is 1. The third-order valence-electron chi connectivity index (χ3n) is 4.67. The van der Waals surface area contributed by atoms with Crippen LogP contribution in [0.3, 0.4) is 0 Å². The highest BCUT2D eigenvalue weighted by molar-refractivity contribution is 7.98. The average Bonchev–Trinajstić information content (AvgIpc) is 2.84. The second-order valence-electron chi connectivity index (χ2n) is 7.43. The smallest absolute Gasteiger partial charge is 0.353 e. The molecule has 0 unspecified atom stereocenters. The third kappa shape index (κ3) is 10.8. The molecule has 0 radical (unpaired) electrons. The molecule has 3 rings (SSSR count). The lowest BCUT2D eigenvalue weighted by Crippen LogP contribution is -2.16. The maximum absolute atomic E-state index is 11.8. The lowest BCUT2D eigenvalue weighted by molar-refractivity contribution is 0.254. The molecule has 33 heavy (non-hydrogen) atoms. The normalized spacial score (nSPS) is 10.8. The summed E-state index contributed by atoms with van der Waals surface area (Å²) in [5, 5.41) is 0. The number of aromatic amines is 1. The van der Waals surface area contributed by atoms with Gasteiger partial charge in [0.2, 0.25) is 0 Å². The standard InChI is InChI=1S/C25H31N3O3S2/c29-23-26-24(30-15-7-9-17-32-19-21-11-3-1-4-12-21)28-25(27-23)31-16-8-10-18-33-20-22-13-5-2-6-14-22/h1-6,11-14H,7-10,15-20H2,(H,26,27,28,29). The summed E-state index contributed by atoms with van der Waals surface area (Å²) in [7, 11) is 0. The van der Waals surface area contributed by atoms with Crippen LogP contribution in [0.1, 0.15) is 36.8 Å². The molecule has 1 aromatic heterocycles. The zero-order valence-electron chi connectivity index (χ0n) is 18.8.